The summed E-state index contributed by atoms with van der Waals surface area (Å²) in [5.41, 5.74) is 0. The van der Waals surface area contributed by atoms with Crippen LogP contribution < -0.4 is 5.11 Å². The molecular weight excluding hydrogens is 272 g/mol. The molecule has 126 valence electrons. The number of carbonyl (C=O) groups excluding carboxylic acids is 1. The average Bonchev–Trinajstić information content (AvgIpc) is 2.45. The van der Waals surface area contributed by atoms with Crippen LogP contribution in [0.5, 0.6) is 0 Å². The van der Waals surface area contributed by atoms with E-state index in [1.165, 1.54) is 0 Å². The molecule has 0 heterocycles. The smallest absolute Gasteiger partial charge is 0.0799 e. The van der Waals surface area contributed by atoms with Gasteiger partial charge in [0, 0.05) is 12.6 Å². The van der Waals surface area contributed by atoms with E-state index >= 15 is 0 Å². The molecule has 0 aromatic carbocycles. The number of hydrogen-bond acceptors (Lipinski definition) is 5. The molecule has 0 aliphatic heterocycles. The lowest BCUT2D eigenvalue weighted by atomic mass is 10.00. The SMILES string of the molecule is O=C([O-])CCCCCCC[C@@H](O)[C@H](O)CCCCCCO. The molecule has 0 aliphatic rings. The molecule has 0 aromatic heterocycles. The first-order valence-electron chi connectivity index (χ1n) is 8.24. The van der Waals surface area contributed by atoms with E-state index in [1.807, 2.05) is 0 Å². The van der Waals surface area contributed by atoms with Crippen LogP contribution in [0.4, 0.5) is 0 Å². The number of carboxylic acid groups (broad SMARTS) is 1. The molecule has 0 amide bonds. The Kier molecular flexibility index (Phi) is 13.9. The van der Waals surface area contributed by atoms with Crippen LogP contribution >= 0.6 is 0 Å². The minimum absolute atomic E-state index is 0.123. The van der Waals surface area contributed by atoms with Gasteiger partial charge >= 0.3 is 0 Å². The monoisotopic (exact) mass is 303 g/mol. The minimum Gasteiger partial charge on any atom is -0.550 e. The van der Waals surface area contributed by atoms with Gasteiger partial charge in [-0.25, -0.2) is 0 Å². The lowest BCUT2D eigenvalue weighted by Gasteiger charge is -2.17. The maximum atomic E-state index is 10.2. The molecule has 0 saturated carbocycles. The lowest BCUT2D eigenvalue weighted by Crippen LogP contribution is -2.25. The first kappa shape index (κ1) is 20.3. The van der Waals surface area contributed by atoms with Crippen molar-refractivity contribution >= 4 is 5.97 Å². The van der Waals surface area contributed by atoms with Crippen LogP contribution in [-0.4, -0.2) is 40.1 Å². The van der Waals surface area contributed by atoms with Crippen LogP contribution in [0.1, 0.15) is 77.0 Å². The first-order valence-corrected chi connectivity index (χ1v) is 8.24. The van der Waals surface area contributed by atoms with Gasteiger partial charge in [0.2, 0.25) is 0 Å². The van der Waals surface area contributed by atoms with Crippen molar-refractivity contribution in [2.24, 2.45) is 0 Å². The lowest BCUT2D eigenvalue weighted by molar-refractivity contribution is -0.305. The number of aliphatic hydroxyl groups excluding tert-OH is 3. The van der Waals surface area contributed by atoms with E-state index in [1.54, 1.807) is 0 Å². The molecule has 2 atom stereocenters. The predicted molar refractivity (Wildman–Crippen MR) is 79.5 cm³/mol. The number of aliphatic carboxylic acids is 1. The molecule has 0 saturated heterocycles. The van der Waals surface area contributed by atoms with E-state index in [4.69, 9.17) is 5.11 Å². The number of carbonyl (C=O) groups is 1. The Morgan fingerprint density at radius 3 is 1.67 bits per heavy atom. The topological polar surface area (TPSA) is 101 Å². The fraction of sp³-hybridized carbons (Fsp3) is 0.938. The second-order valence-corrected chi connectivity index (χ2v) is 5.74. The molecule has 0 radical (unpaired) electrons. The summed E-state index contributed by atoms with van der Waals surface area (Å²) < 4.78 is 0. The zero-order valence-electron chi connectivity index (χ0n) is 13.0. The predicted octanol–water partition coefficient (Wildman–Crippen LogP) is 1.13. The van der Waals surface area contributed by atoms with E-state index < -0.39 is 18.2 Å². The zero-order valence-corrected chi connectivity index (χ0v) is 13.0. The highest BCUT2D eigenvalue weighted by molar-refractivity contribution is 5.63. The van der Waals surface area contributed by atoms with Gasteiger partial charge in [-0.1, -0.05) is 44.9 Å². The third-order valence-corrected chi connectivity index (χ3v) is 3.73. The molecule has 3 N–H and O–H groups in total. The standard InChI is InChI=1S/C16H32O5/c17-13-9-5-4-7-11-15(19)14(18)10-6-2-1-3-8-12-16(20)21/h14-15,17-19H,1-13H2,(H,20,21)/p-1/t14-,15-/m1/s1. The van der Waals surface area contributed by atoms with E-state index in [0.717, 1.165) is 51.4 Å². The van der Waals surface area contributed by atoms with Gasteiger partial charge in [-0.2, -0.15) is 0 Å². The van der Waals surface area contributed by atoms with E-state index in [0.29, 0.717) is 19.3 Å². The molecule has 0 spiro atoms. The maximum Gasteiger partial charge on any atom is 0.0799 e. The summed E-state index contributed by atoms with van der Waals surface area (Å²) >= 11 is 0. The second kappa shape index (κ2) is 14.3. The summed E-state index contributed by atoms with van der Waals surface area (Å²) in [4.78, 5) is 10.2. The molecule has 0 rings (SSSR count). The van der Waals surface area contributed by atoms with Gasteiger partial charge in [-0.15, -0.1) is 0 Å². The second-order valence-electron chi connectivity index (χ2n) is 5.74. The van der Waals surface area contributed by atoms with Crippen molar-refractivity contribution in [2.75, 3.05) is 6.61 Å². The number of rotatable bonds is 15. The summed E-state index contributed by atoms with van der Waals surface area (Å²) in [6.07, 6.45) is 7.92. The van der Waals surface area contributed by atoms with Crippen LogP contribution in [0, 0.1) is 0 Å². The highest BCUT2D eigenvalue weighted by atomic mass is 16.4. The van der Waals surface area contributed by atoms with Gasteiger partial charge in [0.05, 0.1) is 12.2 Å². The maximum absolute atomic E-state index is 10.2. The van der Waals surface area contributed by atoms with Crippen molar-refractivity contribution in [3.63, 3.8) is 0 Å². The fourth-order valence-corrected chi connectivity index (χ4v) is 2.36. The van der Waals surface area contributed by atoms with Crippen LogP contribution in [0.3, 0.4) is 0 Å². The molecular formula is C16H31O5-. The normalized spacial score (nSPS) is 14.0. The molecule has 0 unspecified atom stereocenters. The van der Waals surface area contributed by atoms with Gasteiger partial charge < -0.3 is 25.2 Å². The van der Waals surface area contributed by atoms with Crippen molar-refractivity contribution < 1.29 is 25.2 Å². The van der Waals surface area contributed by atoms with Gasteiger partial charge in [0.25, 0.3) is 0 Å². The fourth-order valence-electron chi connectivity index (χ4n) is 2.36. The molecule has 5 nitrogen and oxygen atoms in total. The number of unbranched alkanes of at least 4 members (excludes halogenated alkanes) is 7. The number of carboxylic acids is 1. The third-order valence-electron chi connectivity index (χ3n) is 3.73. The van der Waals surface area contributed by atoms with Crippen molar-refractivity contribution in [2.45, 2.75) is 89.3 Å². The summed E-state index contributed by atoms with van der Waals surface area (Å²) in [6.45, 7) is 0.216. The zero-order chi connectivity index (χ0) is 15.9. The van der Waals surface area contributed by atoms with Gasteiger partial charge in [0.1, 0.15) is 0 Å². The Hall–Kier alpha value is -0.650. The minimum atomic E-state index is -0.993. The highest BCUT2D eigenvalue weighted by Crippen LogP contribution is 2.14. The molecule has 0 aromatic rings. The Labute approximate surface area is 128 Å². The third kappa shape index (κ3) is 14.1. The van der Waals surface area contributed by atoms with E-state index in [9.17, 15) is 20.1 Å². The van der Waals surface area contributed by atoms with Crippen molar-refractivity contribution in [1.82, 2.24) is 0 Å². The molecule has 5 heteroatoms. The van der Waals surface area contributed by atoms with Gasteiger partial charge in [0.15, 0.2) is 0 Å². The Bertz CT molecular complexity index is 245. The summed E-state index contributed by atoms with van der Waals surface area (Å²) in [6, 6.07) is 0. The number of hydrogen-bond donors (Lipinski definition) is 3. The Balaban J connectivity index is 3.38. The molecule has 0 bridgehead atoms. The van der Waals surface area contributed by atoms with E-state index in [-0.39, 0.29) is 13.0 Å². The van der Waals surface area contributed by atoms with Crippen molar-refractivity contribution in [1.29, 1.82) is 0 Å². The largest absolute Gasteiger partial charge is 0.550 e. The van der Waals surface area contributed by atoms with Crippen LogP contribution in [-0.2, 0) is 4.79 Å². The molecule has 0 fully saturated rings. The first-order chi connectivity index (χ1) is 10.1. The van der Waals surface area contributed by atoms with Crippen LogP contribution in [0.25, 0.3) is 0 Å². The summed E-state index contributed by atoms with van der Waals surface area (Å²) in [7, 11) is 0. The average molecular weight is 303 g/mol. The molecule has 21 heavy (non-hydrogen) atoms. The summed E-state index contributed by atoms with van der Waals surface area (Å²) in [5.74, 6) is -0.993. The molecule has 0 aliphatic carbocycles. The number of aliphatic hydroxyl groups is 3. The van der Waals surface area contributed by atoms with Crippen molar-refractivity contribution in [3.8, 4) is 0 Å². The Morgan fingerprint density at radius 2 is 1.19 bits per heavy atom. The highest BCUT2D eigenvalue weighted by Gasteiger charge is 2.14. The van der Waals surface area contributed by atoms with Gasteiger partial charge in [-0.3, -0.25) is 0 Å². The van der Waals surface area contributed by atoms with E-state index in [2.05, 4.69) is 0 Å². The Morgan fingerprint density at radius 1 is 0.762 bits per heavy atom. The van der Waals surface area contributed by atoms with Gasteiger partial charge in [-0.05, 0) is 32.1 Å². The van der Waals surface area contributed by atoms with Crippen LogP contribution in [0.2, 0.25) is 0 Å². The van der Waals surface area contributed by atoms with Crippen molar-refractivity contribution in [3.05, 3.63) is 0 Å². The van der Waals surface area contributed by atoms with Crippen LogP contribution in [0.15, 0.2) is 0 Å². The summed E-state index contributed by atoms with van der Waals surface area (Å²) in [5, 5.41) is 38.5. The quantitative estimate of drug-likeness (QED) is 0.394.